The van der Waals surface area contributed by atoms with Crippen molar-refractivity contribution in [3.05, 3.63) is 11.9 Å². The first-order valence-corrected chi connectivity index (χ1v) is 6.16. The van der Waals surface area contributed by atoms with Crippen molar-refractivity contribution in [2.24, 2.45) is 18.8 Å². The Morgan fingerprint density at radius 3 is 2.94 bits per heavy atom. The molecule has 0 aliphatic heterocycles. The Morgan fingerprint density at radius 1 is 1.65 bits per heavy atom. The van der Waals surface area contributed by atoms with Gasteiger partial charge in [0.2, 0.25) is 0 Å². The number of hydrazine groups is 1. The van der Waals surface area contributed by atoms with Crippen molar-refractivity contribution >= 4 is 0 Å². The lowest BCUT2D eigenvalue weighted by Crippen LogP contribution is -2.37. The molecule has 1 aromatic rings. The SMILES string of the molecule is CCOC1CC(CC(NN)c2cnnn2C)C1. The van der Waals surface area contributed by atoms with Crippen LogP contribution in [0.15, 0.2) is 6.20 Å². The van der Waals surface area contributed by atoms with E-state index in [1.165, 1.54) is 0 Å². The Balaban J connectivity index is 1.84. The highest BCUT2D eigenvalue weighted by atomic mass is 16.5. The molecule has 0 aromatic carbocycles. The predicted molar refractivity (Wildman–Crippen MR) is 63.8 cm³/mol. The minimum atomic E-state index is 0.127. The minimum absolute atomic E-state index is 0.127. The number of aromatic nitrogens is 3. The summed E-state index contributed by atoms with van der Waals surface area (Å²) < 4.78 is 7.32. The summed E-state index contributed by atoms with van der Waals surface area (Å²) in [5.74, 6) is 6.29. The molecule has 0 saturated heterocycles. The van der Waals surface area contributed by atoms with Gasteiger partial charge in [0.05, 0.1) is 24.0 Å². The molecule has 1 atom stereocenters. The van der Waals surface area contributed by atoms with Gasteiger partial charge in [-0.2, -0.15) is 0 Å². The quantitative estimate of drug-likeness (QED) is 0.559. The van der Waals surface area contributed by atoms with E-state index in [1.54, 1.807) is 10.9 Å². The molecule has 0 spiro atoms. The van der Waals surface area contributed by atoms with Crippen LogP contribution < -0.4 is 11.3 Å². The number of hydrogen-bond acceptors (Lipinski definition) is 5. The Hall–Kier alpha value is -0.980. The monoisotopic (exact) mass is 239 g/mol. The maximum atomic E-state index is 5.60. The van der Waals surface area contributed by atoms with Gasteiger partial charge in [0.1, 0.15) is 0 Å². The number of ether oxygens (including phenoxy) is 1. The van der Waals surface area contributed by atoms with E-state index >= 15 is 0 Å². The van der Waals surface area contributed by atoms with Gasteiger partial charge in [0.15, 0.2) is 0 Å². The Labute approximate surface area is 101 Å². The molecule has 17 heavy (non-hydrogen) atoms. The van der Waals surface area contributed by atoms with E-state index in [4.69, 9.17) is 10.6 Å². The van der Waals surface area contributed by atoms with Gasteiger partial charge in [-0.05, 0) is 32.1 Å². The molecule has 0 amide bonds. The number of nitrogens with one attached hydrogen (secondary N) is 1. The highest BCUT2D eigenvalue weighted by molar-refractivity contribution is 5.02. The third-order valence-corrected chi connectivity index (χ3v) is 3.47. The highest BCUT2D eigenvalue weighted by Gasteiger charge is 2.32. The van der Waals surface area contributed by atoms with Crippen LogP contribution in [0.1, 0.15) is 37.9 Å². The molecule has 1 saturated carbocycles. The number of nitrogens with zero attached hydrogens (tertiary/aromatic N) is 3. The number of rotatable bonds is 6. The highest BCUT2D eigenvalue weighted by Crippen LogP contribution is 2.36. The molecule has 96 valence electrons. The lowest BCUT2D eigenvalue weighted by Gasteiger charge is -2.36. The van der Waals surface area contributed by atoms with Gasteiger partial charge < -0.3 is 4.74 Å². The van der Waals surface area contributed by atoms with E-state index in [2.05, 4.69) is 15.7 Å². The van der Waals surface area contributed by atoms with Gasteiger partial charge in [-0.25, -0.2) is 0 Å². The summed E-state index contributed by atoms with van der Waals surface area (Å²) >= 11 is 0. The number of aryl methyl sites for hydroxylation is 1. The second-order valence-corrected chi connectivity index (χ2v) is 4.65. The third kappa shape index (κ3) is 2.83. The largest absolute Gasteiger partial charge is 0.378 e. The topological polar surface area (TPSA) is 78.0 Å². The summed E-state index contributed by atoms with van der Waals surface area (Å²) in [5, 5.41) is 7.81. The van der Waals surface area contributed by atoms with Gasteiger partial charge in [-0.3, -0.25) is 16.0 Å². The molecule has 1 aliphatic rings. The first-order valence-electron chi connectivity index (χ1n) is 6.16. The Morgan fingerprint density at radius 2 is 2.41 bits per heavy atom. The second kappa shape index (κ2) is 5.57. The molecule has 0 bridgehead atoms. The molecule has 1 unspecified atom stereocenters. The second-order valence-electron chi connectivity index (χ2n) is 4.65. The van der Waals surface area contributed by atoms with Crippen LogP contribution in [0.2, 0.25) is 0 Å². The molecule has 6 nitrogen and oxygen atoms in total. The molecular weight excluding hydrogens is 218 g/mol. The van der Waals surface area contributed by atoms with E-state index in [1.807, 2.05) is 14.0 Å². The molecule has 0 radical (unpaired) electrons. The molecular formula is C11H21N5O. The van der Waals surface area contributed by atoms with Crippen molar-refractivity contribution < 1.29 is 4.74 Å². The van der Waals surface area contributed by atoms with Crippen LogP contribution in [0.25, 0.3) is 0 Å². The predicted octanol–water partition coefficient (Wildman–Crippen LogP) is 0.525. The first-order chi connectivity index (χ1) is 8.24. The Bertz CT molecular complexity index is 347. The summed E-state index contributed by atoms with van der Waals surface area (Å²) in [4.78, 5) is 0. The van der Waals surface area contributed by atoms with Crippen molar-refractivity contribution in [3.8, 4) is 0 Å². The molecule has 2 rings (SSSR count). The first kappa shape index (κ1) is 12.5. The van der Waals surface area contributed by atoms with Gasteiger partial charge in [-0.1, -0.05) is 5.21 Å². The number of nitrogens with two attached hydrogens (primary N) is 1. The molecule has 6 heteroatoms. The van der Waals surface area contributed by atoms with E-state index < -0.39 is 0 Å². The zero-order valence-corrected chi connectivity index (χ0v) is 10.5. The van der Waals surface area contributed by atoms with E-state index in [0.717, 1.165) is 31.6 Å². The lowest BCUT2D eigenvalue weighted by atomic mass is 9.78. The zero-order chi connectivity index (χ0) is 12.3. The lowest BCUT2D eigenvalue weighted by molar-refractivity contribution is -0.0293. The van der Waals surface area contributed by atoms with Crippen molar-refractivity contribution in [2.45, 2.75) is 38.3 Å². The summed E-state index contributed by atoms with van der Waals surface area (Å²) in [5.41, 5.74) is 3.88. The fourth-order valence-corrected chi connectivity index (χ4v) is 2.46. The summed E-state index contributed by atoms with van der Waals surface area (Å²) in [6.45, 7) is 2.85. The maximum absolute atomic E-state index is 5.60. The van der Waals surface area contributed by atoms with Crippen LogP contribution >= 0.6 is 0 Å². The molecule has 1 aromatic heterocycles. The fraction of sp³-hybridized carbons (Fsp3) is 0.818. The fourth-order valence-electron chi connectivity index (χ4n) is 2.46. The average Bonchev–Trinajstić information content (AvgIpc) is 2.68. The minimum Gasteiger partial charge on any atom is -0.378 e. The van der Waals surface area contributed by atoms with Crippen LogP contribution in [-0.4, -0.2) is 27.7 Å². The van der Waals surface area contributed by atoms with Gasteiger partial charge in [0.25, 0.3) is 0 Å². The molecule has 3 N–H and O–H groups in total. The number of hydrogen-bond donors (Lipinski definition) is 2. The van der Waals surface area contributed by atoms with Gasteiger partial charge in [-0.15, -0.1) is 5.10 Å². The van der Waals surface area contributed by atoms with Crippen LogP contribution in [0.5, 0.6) is 0 Å². The van der Waals surface area contributed by atoms with Crippen molar-refractivity contribution in [3.63, 3.8) is 0 Å². The summed E-state index contributed by atoms with van der Waals surface area (Å²) in [6.07, 6.45) is 5.51. The smallest absolute Gasteiger partial charge is 0.0766 e. The normalized spacial score (nSPS) is 25.6. The van der Waals surface area contributed by atoms with Crippen LogP contribution in [0.4, 0.5) is 0 Å². The third-order valence-electron chi connectivity index (χ3n) is 3.47. The summed E-state index contributed by atoms with van der Waals surface area (Å²) in [7, 11) is 1.89. The van der Waals surface area contributed by atoms with E-state index in [9.17, 15) is 0 Å². The maximum Gasteiger partial charge on any atom is 0.0766 e. The molecule has 1 heterocycles. The van der Waals surface area contributed by atoms with Gasteiger partial charge >= 0.3 is 0 Å². The van der Waals surface area contributed by atoms with Crippen molar-refractivity contribution in [1.29, 1.82) is 0 Å². The van der Waals surface area contributed by atoms with Crippen LogP contribution in [0, 0.1) is 5.92 Å². The molecule has 1 fully saturated rings. The van der Waals surface area contributed by atoms with Crippen molar-refractivity contribution in [2.75, 3.05) is 6.61 Å². The standard InChI is InChI=1S/C11H21N5O/c1-3-17-9-4-8(5-9)6-10(14-12)11-7-13-15-16(11)2/h7-10,14H,3-6,12H2,1-2H3. The average molecular weight is 239 g/mol. The van der Waals surface area contributed by atoms with E-state index in [0.29, 0.717) is 12.0 Å². The van der Waals surface area contributed by atoms with Crippen LogP contribution in [0.3, 0.4) is 0 Å². The van der Waals surface area contributed by atoms with Crippen LogP contribution in [-0.2, 0) is 11.8 Å². The van der Waals surface area contributed by atoms with E-state index in [-0.39, 0.29) is 6.04 Å². The Kier molecular flexibility index (Phi) is 4.09. The van der Waals surface area contributed by atoms with Gasteiger partial charge in [0, 0.05) is 13.7 Å². The zero-order valence-electron chi connectivity index (χ0n) is 10.5. The van der Waals surface area contributed by atoms with Crippen molar-refractivity contribution in [1.82, 2.24) is 20.4 Å². The summed E-state index contributed by atoms with van der Waals surface area (Å²) in [6, 6.07) is 0.127. The molecule has 1 aliphatic carbocycles.